The first-order valence-corrected chi connectivity index (χ1v) is 15.5. The average molecular weight is 733 g/mol. The number of nitrogens with two attached hydrogens (primary N) is 2. The molecule has 11 heteroatoms. The molecule has 8 rings (SSSR count). The topological polar surface area (TPSA) is 148 Å². The van der Waals surface area contributed by atoms with Crippen molar-refractivity contribution in [1.29, 1.82) is 0 Å². The first kappa shape index (κ1) is 29.7. The van der Waals surface area contributed by atoms with Crippen molar-refractivity contribution in [2.45, 2.75) is 0 Å². The Kier molecular flexibility index (Phi) is 8.35. The Labute approximate surface area is 282 Å². The lowest BCUT2D eigenvalue weighted by molar-refractivity contribution is 0.458. The fraction of sp³-hybridized carbons (Fsp3) is 0. The van der Waals surface area contributed by atoms with Crippen LogP contribution in [0.25, 0.3) is 44.5 Å². The summed E-state index contributed by atoms with van der Waals surface area (Å²) in [6.07, 6.45) is 3.27. The summed E-state index contributed by atoms with van der Waals surface area (Å²) >= 11 is 2.15. The highest BCUT2D eigenvalue weighted by atomic mass is 127. The van der Waals surface area contributed by atoms with Crippen LogP contribution in [0.3, 0.4) is 0 Å². The van der Waals surface area contributed by atoms with Crippen molar-refractivity contribution >= 4 is 56.2 Å². The maximum atomic E-state index is 6.00. The summed E-state index contributed by atoms with van der Waals surface area (Å²) in [5, 5.41) is 9.73. The molecule has 0 fully saturated rings. The van der Waals surface area contributed by atoms with Crippen molar-refractivity contribution in [3.05, 3.63) is 131 Å². The normalized spacial score (nSPS) is 10.8. The minimum absolute atomic E-state index is 0.406. The van der Waals surface area contributed by atoms with Gasteiger partial charge in [-0.3, -0.25) is 0 Å². The molecule has 0 aliphatic carbocycles. The van der Waals surface area contributed by atoms with E-state index in [1.165, 1.54) is 0 Å². The standard InChI is InChI=1S/C18H12IN3O2.C18H13N3O2/c19-14-10-21-18(20)15-16(22-24-17(14)15)11-6-8-13(9-7-11)23-12-4-2-1-3-5-12;19-18-16-15(10-11-20-18)23-21-17(16)12-6-8-14(9-7-12)22-13-4-2-1-3-5-13/h1-10H,(H2,20,21);1-11H,(H2,19,20). The molecule has 4 aromatic carbocycles. The largest absolute Gasteiger partial charge is 0.457 e. The van der Waals surface area contributed by atoms with Crippen LogP contribution in [-0.4, -0.2) is 20.3 Å². The first-order valence-electron chi connectivity index (χ1n) is 14.4. The van der Waals surface area contributed by atoms with Crippen LogP contribution in [0.5, 0.6) is 23.0 Å². The van der Waals surface area contributed by atoms with Crippen molar-refractivity contribution in [3.63, 3.8) is 0 Å². The molecule has 10 nitrogen and oxygen atoms in total. The van der Waals surface area contributed by atoms with Gasteiger partial charge in [-0.1, -0.05) is 46.7 Å². The molecule has 0 atom stereocenters. The molecule has 0 amide bonds. The molecule has 47 heavy (non-hydrogen) atoms. The number of para-hydroxylation sites is 2. The Morgan fingerprint density at radius 2 is 1.02 bits per heavy atom. The molecule has 0 saturated carbocycles. The number of nitrogen functional groups attached to an aromatic ring is 2. The van der Waals surface area contributed by atoms with Crippen LogP contribution < -0.4 is 20.9 Å². The number of nitrogens with zero attached hydrogens (tertiary/aromatic N) is 4. The fourth-order valence-electron chi connectivity index (χ4n) is 4.86. The Hall–Kier alpha value is -5.95. The summed E-state index contributed by atoms with van der Waals surface area (Å²) < 4.78 is 23.2. The second-order valence-electron chi connectivity index (χ2n) is 10.2. The molecule has 0 saturated heterocycles. The smallest absolute Gasteiger partial charge is 0.186 e. The van der Waals surface area contributed by atoms with Crippen LogP contribution in [0.1, 0.15) is 0 Å². The number of fused-ring (bicyclic) bond motifs is 2. The summed E-state index contributed by atoms with van der Waals surface area (Å²) in [7, 11) is 0. The second kappa shape index (κ2) is 13.2. The van der Waals surface area contributed by atoms with E-state index in [0.717, 1.165) is 48.5 Å². The Bertz CT molecular complexity index is 2270. The van der Waals surface area contributed by atoms with Gasteiger partial charge in [0.15, 0.2) is 11.2 Å². The molecular weight excluding hydrogens is 707 g/mol. The van der Waals surface area contributed by atoms with Gasteiger partial charge in [0.05, 0.1) is 14.3 Å². The number of ether oxygens (including phenoxy) is 2. The molecule has 0 aliphatic rings. The van der Waals surface area contributed by atoms with Gasteiger partial charge in [0, 0.05) is 29.6 Å². The number of benzene rings is 4. The highest BCUT2D eigenvalue weighted by molar-refractivity contribution is 14.1. The minimum Gasteiger partial charge on any atom is -0.457 e. The van der Waals surface area contributed by atoms with E-state index in [0.29, 0.717) is 34.2 Å². The molecule has 230 valence electrons. The van der Waals surface area contributed by atoms with E-state index in [1.807, 2.05) is 109 Å². The molecular formula is C36H25IN6O4. The third-order valence-corrected chi connectivity index (χ3v) is 7.88. The van der Waals surface area contributed by atoms with E-state index in [2.05, 4.69) is 42.9 Å². The quantitative estimate of drug-likeness (QED) is 0.159. The lowest BCUT2D eigenvalue weighted by Gasteiger charge is -2.06. The number of hydrogen-bond acceptors (Lipinski definition) is 10. The predicted octanol–water partition coefficient (Wildman–Crippen LogP) is 9.13. The lowest BCUT2D eigenvalue weighted by atomic mass is 10.1. The van der Waals surface area contributed by atoms with E-state index in [1.54, 1.807) is 18.5 Å². The van der Waals surface area contributed by atoms with Crippen molar-refractivity contribution in [2.24, 2.45) is 0 Å². The molecule has 4 N–H and O–H groups in total. The minimum atomic E-state index is 0.406. The number of rotatable bonds is 6. The number of halogens is 1. The molecule has 0 radical (unpaired) electrons. The van der Waals surface area contributed by atoms with Crippen LogP contribution >= 0.6 is 22.6 Å². The van der Waals surface area contributed by atoms with Crippen LogP contribution in [0.15, 0.2) is 137 Å². The number of hydrogen-bond donors (Lipinski definition) is 2. The Balaban J connectivity index is 0.000000150. The molecule has 0 bridgehead atoms. The lowest BCUT2D eigenvalue weighted by Crippen LogP contribution is -1.92. The zero-order valence-electron chi connectivity index (χ0n) is 24.6. The van der Waals surface area contributed by atoms with Crippen LogP contribution in [0.2, 0.25) is 0 Å². The van der Waals surface area contributed by atoms with Crippen LogP contribution in [-0.2, 0) is 0 Å². The van der Waals surface area contributed by atoms with Crippen LogP contribution in [0, 0.1) is 3.57 Å². The SMILES string of the molecule is Nc1ncc(I)c2onc(-c3ccc(Oc4ccccc4)cc3)c12.Nc1nccc2onc(-c3ccc(Oc4ccccc4)cc3)c12. The predicted molar refractivity (Wildman–Crippen MR) is 189 cm³/mol. The van der Waals surface area contributed by atoms with E-state index in [9.17, 15) is 0 Å². The monoisotopic (exact) mass is 732 g/mol. The van der Waals surface area contributed by atoms with Gasteiger partial charge < -0.3 is 30.0 Å². The summed E-state index contributed by atoms with van der Waals surface area (Å²) in [6, 6.07) is 36.2. The Morgan fingerprint density at radius 1 is 0.532 bits per heavy atom. The highest BCUT2D eigenvalue weighted by Gasteiger charge is 2.17. The molecule has 8 aromatic rings. The van der Waals surface area contributed by atoms with Gasteiger partial charge in [0.2, 0.25) is 0 Å². The molecule has 0 spiro atoms. The van der Waals surface area contributed by atoms with E-state index >= 15 is 0 Å². The summed E-state index contributed by atoms with van der Waals surface area (Å²) in [6.45, 7) is 0. The second-order valence-corrected chi connectivity index (χ2v) is 11.4. The zero-order valence-corrected chi connectivity index (χ0v) is 26.7. The van der Waals surface area contributed by atoms with Gasteiger partial charge >= 0.3 is 0 Å². The maximum absolute atomic E-state index is 6.00. The number of pyridine rings is 2. The molecule has 0 unspecified atom stereocenters. The van der Waals surface area contributed by atoms with Gasteiger partial charge in [-0.05, 0) is 95.4 Å². The summed E-state index contributed by atoms with van der Waals surface area (Å²) in [4.78, 5) is 8.28. The average Bonchev–Trinajstić information content (AvgIpc) is 3.76. The highest BCUT2D eigenvalue weighted by Crippen LogP contribution is 2.35. The van der Waals surface area contributed by atoms with Gasteiger partial charge in [-0.15, -0.1) is 0 Å². The third-order valence-electron chi connectivity index (χ3n) is 7.11. The molecule has 4 heterocycles. The van der Waals surface area contributed by atoms with Gasteiger partial charge in [0.25, 0.3) is 0 Å². The number of anilines is 2. The van der Waals surface area contributed by atoms with Crippen LogP contribution in [0.4, 0.5) is 11.6 Å². The third kappa shape index (κ3) is 6.42. The molecule has 0 aliphatic heterocycles. The fourth-order valence-corrected chi connectivity index (χ4v) is 5.37. The van der Waals surface area contributed by atoms with Crippen molar-refractivity contribution in [2.75, 3.05) is 11.5 Å². The van der Waals surface area contributed by atoms with E-state index in [-0.39, 0.29) is 0 Å². The summed E-state index contributed by atoms with van der Waals surface area (Å²) in [5.41, 5.74) is 16.4. The van der Waals surface area contributed by atoms with E-state index in [4.69, 9.17) is 30.0 Å². The van der Waals surface area contributed by atoms with Gasteiger partial charge in [0.1, 0.15) is 46.0 Å². The zero-order chi connectivity index (χ0) is 32.2. The van der Waals surface area contributed by atoms with E-state index < -0.39 is 0 Å². The molecule has 4 aromatic heterocycles. The number of aromatic nitrogens is 4. The Morgan fingerprint density at radius 3 is 1.60 bits per heavy atom. The van der Waals surface area contributed by atoms with Crippen molar-refractivity contribution < 1.29 is 18.5 Å². The summed E-state index contributed by atoms with van der Waals surface area (Å²) in [5.74, 6) is 3.90. The maximum Gasteiger partial charge on any atom is 0.186 e. The van der Waals surface area contributed by atoms with Gasteiger partial charge in [-0.2, -0.15) is 0 Å². The first-order chi connectivity index (χ1) is 23.0. The van der Waals surface area contributed by atoms with Crippen molar-refractivity contribution in [3.8, 4) is 45.5 Å². The van der Waals surface area contributed by atoms with Gasteiger partial charge in [-0.25, -0.2) is 9.97 Å². The van der Waals surface area contributed by atoms with Crippen molar-refractivity contribution in [1.82, 2.24) is 20.3 Å².